The first kappa shape index (κ1) is 37.8. The van der Waals surface area contributed by atoms with Crippen molar-refractivity contribution in [1.29, 1.82) is 0 Å². The molecule has 184 valence electrons. The van der Waals surface area contributed by atoms with E-state index in [2.05, 4.69) is 0 Å². The van der Waals surface area contributed by atoms with Crippen molar-refractivity contribution in [3.8, 4) is 0 Å². The van der Waals surface area contributed by atoms with E-state index in [1.807, 2.05) is 13.8 Å². The molecule has 9 nitrogen and oxygen atoms in total. The van der Waals surface area contributed by atoms with Gasteiger partial charge >= 0.3 is 33.7 Å². The van der Waals surface area contributed by atoms with Gasteiger partial charge in [-0.3, -0.25) is 9.59 Å². The third kappa shape index (κ3) is 12.0. The van der Waals surface area contributed by atoms with Crippen LogP contribution in [-0.4, -0.2) is 34.1 Å². The van der Waals surface area contributed by atoms with Gasteiger partial charge in [0, 0.05) is 23.8 Å². The van der Waals surface area contributed by atoms with Crippen LogP contribution in [0.15, 0.2) is 0 Å². The molecule has 0 aliphatic carbocycles. The fourth-order valence-corrected chi connectivity index (χ4v) is 2.55. The summed E-state index contributed by atoms with van der Waals surface area (Å²) in [4.78, 5) is 42.6. The minimum absolute atomic E-state index is 0. The predicted molar refractivity (Wildman–Crippen MR) is 109 cm³/mol. The van der Waals surface area contributed by atoms with Crippen LogP contribution >= 0.6 is 0 Å². The zero-order chi connectivity index (χ0) is 24.6. The maximum Gasteiger partial charge on any atom is 4.00 e. The van der Waals surface area contributed by atoms with Gasteiger partial charge in [-0.2, -0.15) is 0 Å². The molecule has 0 aliphatic heterocycles. The molecule has 0 aromatic heterocycles. The van der Waals surface area contributed by atoms with E-state index in [1.165, 1.54) is 0 Å². The number of carboxylic acid groups (broad SMARTS) is 4. The minimum Gasteiger partial charge on any atom is -2.00 e. The SMILES string of the molecule is CC(C)(CCCC(=O)O)C(C)(C)C(=O)O.CC(C)(CCCC(=O)[O-])C(C)(C)C(=O)[O-].[O-2].[Ti+4]. The minimum atomic E-state index is -1.11. The van der Waals surface area contributed by atoms with Crippen molar-refractivity contribution in [2.75, 3.05) is 0 Å². The van der Waals surface area contributed by atoms with Gasteiger partial charge in [-0.05, 0) is 56.8 Å². The second-order valence-corrected chi connectivity index (χ2v) is 10.1. The molecular formula is C22H38O9Ti. The van der Waals surface area contributed by atoms with E-state index >= 15 is 0 Å². The first-order valence-corrected chi connectivity index (χ1v) is 10.1. The number of hydrogen-bond acceptors (Lipinski definition) is 6. The van der Waals surface area contributed by atoms with E-state index in [4.69, 9.17) is 10.2 Å². The molecule has 0 amide bonds. The van der Waals surface area contributed by atoms with Gasteiger partial charge in [-0.15, -0.1) is 0 Å². The Bertz CT molecular complexity index is 569. The molecule has 0 bridgehead atoms. The molecule has 0 saturated carbocycles. The predicted octanol–water partition coefficient (Wildman–Crippen LogP) is 1.97. The van der Waals surface area contributed by atoms with Crippen LogP contribution in [0.3, 0.4) is 0 Å². The largest absolute Gasteiger partial charge is 4.00 e. The summed E-state index contributed by atoms with van der Waals surface area (Å²) < 4.78 is 0. The van der Waals surface area contributed by atoms with E-state index in [1.54, 1.807) is 41.5 Å². The summed E-state index contributed by atoms with van der Waals surface area (Å²) in [5, 5.41) is 38.7. The summed E-state index contributed by atoms with van der Waals surface area (Å²) in [6, 6.07) is 0. The van der Waals surface area contributed by atoms with E-state index < -0.39 is 45.5 Å². The average Bonchev–Trinajstić information content (AvgIpc) is 2.53. The topological polar surface area (TPSA) is 183 Å². The normalized spacial score (nSPS) is 11.8. The Kier molecular flexibility index (Phi) is 17.3. The van der Waals surface area contributed by atoms with Crippen molar-refractivity contribution in [2.45, 2.75) is 93.9 Å². The molecule has 0 radical (unpaired) electrons. The zero-order valence-corrected chi connectivity index (χ0v) is 22.1. The van der Waals surface area contributed by atoms with Crippen LogP contribution in [-0.2, 0) is 46.4 Å². The molecule has 0 aromatic carbocycles. The van der Waals surface area contributed by atoms with Crippen molar-refractivity contribution in [2.24, 2.45) is 21.7 Å². The fourth-order valence-electron chi connectivity index (χ4n) is 2.55. The van der Waals surface area contributed by atoms with Crippen molar-refractivity contribution < 1.29 is 66.8 Å². The van der Waals surface area contributed by atoms with Crippen LogP contribution in [0.25, 0.3) is 0 Å². The number of hydrogen-bond donors (Lipinski definition) is 2. The van der Waals surface area contributed by atoms with Crippen LogP contribution in [0, 0.1) is 21.7 Å². The number of rotatable bonds is 12. The Hall–Kier alpha value is -1.45. The molecule has 32 heavy (non-hydrogen) atoms. The average molecular weight is 494 g/mol. The van der Waals surface area contributed by atoms with Crippen molar-refractivity contribution >= 4 is 23.9 Å². The van der Waals surface area contributed by atoms with Gasteiger partial charge in [0.15, 0.2) is 0 Å². The number of carboxylic acids is 4. The maximum absolute atomic E-state index is 11.0. The van der Waals surface area contributed by atoms with Crippen LogP contribution in [0.1, 0.15) is 93.9 Å². The molecular weight excluding hydrogens is 456 g/mol. The molecule has 0 atom stereocenters. The quantitative estimate of drug-likeness (QED) is 0.386. The monoisotopic (exact) mass is 494 g/mol. The summed E-state index contributed by atoms with van der Waals surface area (Å²) in [6.07, 6.45) is 2.11. The molecule has 10 heteroatoms. The smallest absolute Gasteiger partial charge is 2.00 e. The maximum atomic E-state index is 11.0. The first-order valence-electron chi connectivity index (χ1n) is 10.1. The zero-order valence-electron chi connectivity index (χ0n) is 20.5. The second kappa shape index (κ2) is 14.7. The Labute approximate surface area is 206 Å². The Morgan fingerprint density at radius 3 is 1.31 bits per heavy atom. The van der Waals surface area contributed by atoms with Gasteiger partial charge in [0.05, 0.1) is 5.41 Å². The molecule has 0 rings (SSSR count). The van der Waals surface area contributed by atoms with Crippen LogP contribution in [0.4, 0.5) is 0 Å². The molecule has 0 aliphatic rings. The van der Waals surface area contributed by atoms with Crippen LogP contribution in [0.2, 0.25) is 0 Å². The summed E-state index contributed by atoms with van der Waals surface area (Å²) in [5.41, 5.74) is -2.72. The number of aliphatic carboxylic acids is 4. The van der Waals surface area contributed by atoms with Gasteiger partial charge in [0.2, 0.25) is 0 Å². The second-order valence-electron chi connectivity index (χ2n) is 10.1. The van der Waals surface area contributed by atoms with Gasteiger partial charge in [-0.25, -0.2) is 0 Å². The van der Waals surface area contributed by atoms with Crippen molar-refractivity contribution in [1.82, 2.24) is 0 Å². The summed E-state index contributed by atoms with van der Waals surface area (Å²) in [7, 11) is 0. The summed E-state index contributed by atoms with van der Waals surface area (Å²) in [6.45, 7) is 13.9. The molecule has 2 N–H and O–H groups in total. The van der Waals surface area contributed by atoms with E-state index in [9.17, 15) is 29.4 Å². The third-order valence-electron chi connectivity index (χ3n) is 6.80. The summed E-state index contributed by atoms with van der Waals surface area (Å²) >= 11 is 0. The number of carbonyl (C=O) groups excluding carboxylic acids is 2. The Morgan fingerprint density at radius 2 is 1.03 bits per heavy atom. The first-order chi connectivity index (χ1) is 13.2. The molecule has 0 spiro atoms. The standard InChI is InChI=1S/2C11H20O4.O.Ti/c2*1-10(2,7-5-6-8(12)13)11(3,4)9(14)15;;/h2*5-7H2,1-4H3,(H,12,13)(H,14,15);;/q;;-2;+4/p-2. The van der Waals surface area contributed by atoms with E-state index in [-0.39, 0.29) is 40.0 Å². The molecule has 0 fully saturated rings. The van der Waals surface area contributed by atoms with Gasteiger partial charge in [0.1, 0.15) is 0 Å². The van der Waals surface area contributed by atoms with Crippen molar-refractivity contribution in [3.63, 3.8) is 0 Å². The van der Waals surface area contributed by atoms with Gasteiger partial charge in [-0.1, -0.05) is 41.5 Å². The van der Waals surface area contributed by atoms with Crippen molar-refractivity contribution in [3.05, 3.63) is 0 Å². The van der Waals surface area contributed by atoms with Crippen LogP contribution < -0.4 is 10.2 Å². The molecule has 0 heterocycles. The molecule has 0 saturated heterocycles. The molecule has 0 aromatic rings. The molecule has 0 unspecified atom stereocenters. The van der Waals surface area contributed by atoms with Gasteiger partial charge < -0.3 is 35.5 Å². The van der Waals surface area contributed by atoms with E-state index in [0.29, 0.717) is 25.7 Å². The Morgan fingerprint density at radius 1 is 0.688 bits per heavy atom. The third-order valence-corrected chi connectivity index (χ3v) is 6.80. The van der Waals surface area contributed by atoms with Crippen LogP contribution in [0.5, 0.6) is 0 Å². The van der Waals surface area contributed by atoms with Gasteiger partial charge in [0.25, 0.3) is 0 Å². The number of carbonyl (C=O) groups is 4. The Balaban J connectivity index is -0.000000231. The summed E-state index contributed by atoms with van der Waals surface area (Å²) in [5.74, 6) is -3.89. The van der Waals surface area contributed by atoms with E-state index in [0.717, 1.165) is 0 Å². The fraction of sp³-hybridized carbons (Fsp3) is 0.818.